The zero-order chi connectivity index (χ0) is 11.7. The highest BCUT2D eigenvalue weighted by Gasteiger charge is 2.12. The Bertz CT molecular complexity index is 517. The van der Waals surface area contributed by atoms with Crippen LogP contribution in [0.3, 0.4) is 0 Å². The topological polar surface area (TPSA) is 30.7 Å². The SMILES string of the molecule is CCc1c(F)cc(C)cc1-c1ncn(C)n1. The third-order valence-electron chi connectivity index (χ3n) is 2.53. The number of aryl methyl sites for hydroxylation is 2. The number of hydrogen-bond donors (Lipinski definition) is 0. The van der Waals surface area contributed by atoms with Gasteiger partial charge in [0.15, 0.2) is 5.82 Å². The normalized spacial score (nSPS) is 10.8. The Morgan fingerprint density at radius 1 is 1.38 bits per heavy atom. The van der Waals surface area contributed by atoms with E-state index in [1.165, 1.54) is 0 Å². The van der Waals surface area contributed by atoms with Crippen molar-refractivity contribution < 1.29 is 4.39 Å². The molecule has 0 bridgehead atoms. The van der Waals surface area contributed by atoms with Crippen LogP contribution in [0.25, 0.3) is 11.4 Å². The Morgan fingerprint density at radius 3 is 2.69 bits per heavy atom. The van der Waals surface area contributed by atoms with E-state index in [2.05, 4.69) is 10.1 Å². The van der Waals surface area contributed by atoms with E-state index < -0.39 is 0 Å². The van der Waals surface area contributed by atoms with Crippen molar-refractivity contribution >= 4 is 0 Å². The maximum atomic E-state index is 13.7. The maximum Gasteiger partial charge on any atom is 0.181 e. The molecule has 1 aromatic carbocycles. The summed E-state index contributed by atoms with van der Waals surface area (Å²) in [5.41, 5.74) is 2.36. The molecule has 0 aliphatic carbocycles. The lowest BCUT2D eigenvalue weighted by molar-refractivity contribution is 0.611. The van der Waals surface area contributed by atoms with Crippen molar-refractivity contribution in [2.24, 2.45) is 7.05 Å². The molecule has 3 nitrogen and oxygen atoms in total. The molecular weight excluding hydrogens is 205 g/mol. The zero-order valence-corrected chi connectivity index (χ0v) is 9.66. The molecule has 1 heterocycles. The second-order valence-corrected chi connectivity index (χ2v) is 3.87. The van der Waals surface area contributed by atoms with Crippen LogP contribution in [0.15, 0.2) is 18.5 Å². The first-order valence-corrected chi connectivity index (χ1v) is 5.27. The molecule has 1 aromatic heterocycles. The fourth-order valence-corrected chi connectivity index (χ4v) is 1.79. The molecule has 0 spiro atoms. The summed E-state index contributed by atoms with van der Waals surface area (Å²) < 4.78 is 15.4. The van der Waals surface area contributed by atoms with Gasteiger partial charge < -0.3 is 0 Å². The molecule has 0 aliphatic rings. The van der Waals surface area contributed by atoms with E-state index in [4.69, 9.17) is 0 Å². The Labute approximate surface area is 93.9 Å². The average molecular weight is 219 g/mol. The van der Waals surface area contributed by atoms with E-state index >= 15 is 0 Å². The molecule has 0 aliphatic heterocycles. The van der Waals surface area contributed by atoms with E-state index in [-0.39, 0.29) is 5.82 Å². The van der Waals surface area contributed by atoms with E-state index in [1.807, 2.05) is 19.9 Å². The van der Waals surface area contributed by atoms with Gasteiger partial charge in [-0.15, -0.1) is 0 Å². The molecule has 2 rings (SSSR count). The number of benzene rings is 1. The van der Waals surface area contributed by atoms with Crippen LogP contribution in [-0.4, -0.2) is 14.8 Å². The molecule has 0 fully saturated rings. The average Bonchev–Trinajstić information content (AvgIpc) is 2.63. The van der Waals surface area contributed by atoms with Gasteiger partial charge in [-0.3, -0.25) is 4.68 Å². The van der Waals surface area contributed by atoms with E-state index in [9.17, 15) is 4.39 Å². The van der Waals surface area contributed by atoms with E-state index in [0.29, 0.717) is 17.8 Å². The summed E-state index contributed by atoms with van der Waals surface area (Å²) in [5, 5.41) is 4.21. The summed E-state index contributed by atoms with van der Waals surface area (Å²) in [6.45, 7) is 3.80. The quantitative estimate of drug-likeness (QED) is 0.777. The predicted octanol–water partition coefficient (Wildman–Crippen LogP) is 2.49. The monoisotopic (exact) mass is 219 g/mol. The summed E-state index contributed by atoms with van der Waals surface area (Å²) in [4.78, 5) is 4.16. The summed E-state index contributed by atoms with van der Waals surface area (Å²) in [5.74, 6) is 0.409. The van der Waals surface area contributed by atoms with Crippen molar-refractivity contribution in [3.8, 4) is 11.4 Å². The highest BCUT2D eigenvalue weighted by atomic mass is 19.1. The summed E-state index contributed by atoms with van der Waals surface area (Å²) >= 11 is 0. The Hall–Kier alpha value is -1.71. The number of rotatable bonds is 2. The lowest BCUT2D eigenvalue weighted by Gasteiger charge is -2.07. The molecule has 84 valence electrons. The maximum absolute atomic E-state index is 13.7. The molecule has 0 unspecified atom stereocenters. The Balaban J connectivity index is 2.63. The minimum absolute atomic E-state index is 0.176. The fourth-order valence-electron chi connectivity index (χ4n) is 1.79. The first-order valence-electron chi connectivity index (χ1n) is 5.27. The van der Waals surface area contributed by atoms with E-state index in [0.717, 1.165) is 11.1 Å². The first kappa shape index (κ1) is 10.8. The van der Waals surface area contributed by atoms with Crippen molar-refractivity contribution in [3.05, 3.63) is 35.4 Å². The largest absolute Gasteiger partial charge is 0.255 e. The molecule has 2 aromatic rings. The van der Waals surface area contributed by atoms with Crippen LogP contribution in [0.4, 0.5) is 4.39 Å². The minimum Gasteiger partial charge on any atom is -0.255 e. The second-order valence-electron chi connectivity index (χ2n) is 3.87. The molecule has 0 amide bonds. The smallest absolute Gasteiger partial charge is 0.181 e. The molecule has 4 heteroatoms. The highest BCUT2D eigenvalue weighted by Crippen LogP contribution is 2.24. The van der Waals surface area contributed by atoms with Crippen LogP contribution in [0.1, 0.15) is 18.1 Å². The van der Waals surface area contributed by atoms with Crippen LogP contribution >= 0.6 is 0 Å². The number of halogens is 1. The number of nitrogens with zero attached hydrogens (tertiary/aromatic N) is 3. The second kappa shape index (κ2) is 4.04. The predicted molar refractivity (Wildman–Crippen MR) is 60.5 cm³/mol. The number of aromatic nitrogens is 3. The van der Waals surface area contributed by atoms with Gasteiger partial charge in [0.1, 0.15) is 12.1 Å². The molecule has 0 saturated carbocycles. The van der Waals surface area contributed by atoms with Crippen LogP contribution in [-0.2, 0) is 13.5 Å². The molecule has 16 heavy (non-hydrogen) atoms. The first-order chi connectivity index (χ1) is 7.61. The van der Waals surface area contributed by atoms with E-state index in [1.54, 1.807) is 24.1 Å². The lowest BCUT2D eigenvalue weighted by Crippen LogP contribution is -1.96. The molecule has 0 radical (unpaired) electrons. The van der Waals surface area contributed by atoms with Crippen LogP contribution in [0.2, 0.25) is 0 Å². The van der Waals surface area contributed by atoms with Crippen molar-refractivity contribution in [1.82, 2.24) is 14.8 Å². The van der Waals surface area contributed by atoms with Gasteiger partial charge in [0.25, 0.3) is 0 Å². The highest BCUT2D eigenvalue weighted by molar-refractivity contribution is 5.61. The van der Waals surface area contributed by atoms with Gasteiger partial charge in [-0.05, 0) is 36.6 Å². The van der Waals surface area contributed by atoms with Crippen molar-refractivity contribution in [2.75, 3.05) is 0 Å². The third-order valence-corrected chi connectivity index (χ3v) is 2.53. The zero-order valence-electron chi connectivity index (χ0n) is 9.66. The van der Waals surface area contributed by atoms with Gasteiger partial charge in [0, 0.05) is 12.6 Å². The van der Waals surface area contributed by atoms with Crippen molar-refractivity contribution in [1.29, 1.82) is 0 Å². The summed E-state index contributed by atoms with van der Waals surface area (Å²) in [6, 6.07) is 3.47. The van der Waals surface area contributed by atoms with Gasteiger partial charge >= 0.3 is 0 Å². The molecule has 0 N–H and O–H groups in total. The lowest BCUT2D eigenvalue weighted by atomic mass is 10.0. The van der Waals surface area contributed by atoms with Crippen LogP contribution in [0.5, 0.6) is 0 Å². The molecule has 0 saturated heterocycles. The number of hydrogen-bond acceptors (Lipinski definition) is 2. The van der Waals surface area contributed by atoms with Gasteiger partial charge in [0.05, 0.1) is 0 Å². The van der Waals surface area contributed by atoms with Gasteiger partial charge in [-0.25, -0.2) is 9.37 Å². The summed E-state index contributed by atoms with van der Waals surface area (Å²) in [7, 11) is 1.80. The molecular formula is C12H14FN3. The molecule has 0 atom stereocenters. The van der Waals surface area contributed by atoms with Crippen molar-refractivity contribution in [3.63, 3.8) is 0 Å². The summed E-state index contributed by atoms with van der Waals surface area (Å²) in [6.07, 6.45) is 2.26. The van der Waals surface area contributed by atoms with Gasteiger partial charge in [-0.1, -0.05) is 6.92 Å². The van der Waals surface area contributed by atoms with Gasteiger partial charge in [0.2, 0.25) is 0 Å². The van der Waals surface area contributed by atoms with Crippen molar-refractivity contribution in [2.45, 2.75) is 20.3 Å². The Kier molecular flexibility index (Phi) is 2.73. The van der Waals surface area contributed by atoms with Crippen LogP contribution < -0.4 is 0 Å². The minimum atomic E-state index is -0.176. The third kappa shape index (κ3) is 1.83. The van der Waals surface area contributed by atoms with Gasteiger partial charge in [-0.2, -0.15) is 5.10 Å². The van der Waals surface area contributed by atoms with Crippen LogP contribution in [0, 0.1) is 12.7 Å². The fraction of sp³-hybridized carbons (Fsp3) is 0.333. The Morgan fingerprint density at radius 2 is 2.12 bits per heavy atom. The standard InChI is InChI=1S/C12H14FN3/c1-4-9-10(5-8(2)6-11(9)13)12-14-7-16(3)15-12/h5-7H,4H2,1-3H3.